The minimum atomic E-state index is 0.135. The molecule has 5 nitrogen and oxygen atoms in total. The molecule has 6 heteroatoms. The Bertz CT molecular complexity index is 899. The summed E-state index contributed by atoms with van der Waals surface area (Å²) in [5.74, 6) is 0.635. The zero-order valence-electron chi connectivity index (χ0n) is 13.9. The first kappa shape index (κ1) is 16.3. The van der Waals surface area contributed by atoms with E-state index in [1.807, 2.05) is 12.1 Å². The fourth-order valence-electron chi connectivity index (χ4n) is 2.27. The maximum Gasteiger partial charge on any atom is 0.216 e. The molecule has 0 bridgehead atoms. The first-order valence-electron chi connectivity index (χ1n) is 7.68. The molecule has 0 aliphatic rings. The molecule has 0 aliphatic carbocycles. The molecule has 2 aromatic heterocycles. The summed E-state index contributed by atoms with van der Waals surface area (Å²) in [4.78, 5) is 4.11. The smallest absolute Gasteiger partial charge is 0.216 e. The van der Waals surface area contributed by atoms with Crippen molar-refractivity contribution < 1.29 is 0 Å². The lowest BCUT2D eigenvalue weighted by Gasteiger charge is -2.18. The number of hydrogen-bond donors (Lipinski definition) is 1. The maximum absolute atomic E-state index is 5.27. The van der Waals surface area contributed by atoms with E-state index in [4.69, 9.17) is 12.2 Å². The van der Waals surface area contributed by atoms with Gasteiger partial charge in [0.15, 0.2) is 5.82 Å². The first-order valence-corrected chi connectivity index (χ1v) is 8.09. The van der Waals surface area contributed by atoms with Crippen molar-refractivity contribution in [2.24, 2.45) is 5.10 Å². The van der Waals surface area contributed by atoms with Gasteiger partial charge in [0, 0.05) is 18.0 Å². The molecule has 0 saturated carbocycles. The Morgan fingerprint density at radius 3 is 2.54 bits per heavy atom. The molecule has 0 unspecified atom stereocenters. The van der Waals surface area contributed by atoms with Crippen LogP contribution < -0.4 is 0 Å². The Labute approximate surface area is 146 Å². The minimum absolute atomic E-state index is 0.135. The normalized spacial score (nSPS) is 12.0. The Hall–Kier alpha value is -2.60. The average Bonchev–Trinajstić information content (AvgIpc) is 2.94. The second-order valence-electron chi connectivity index (χ2n) is 6.52. The summed E-state index contributed by atoms with van der Waals surface area (Å²) in [6, 6.07) is 12.1. The lowest BCUT2D eigenvalue weighted by molar-refractivity contribution is 0.590. The highest BCUT2D eigenvalue weighted by Gasteiger charge is 2.12. The van der Waals surface area contributed by atoms with E-state index >= 15 is 0 Å². The maximum atomic E-state index is 5.27. The van der Waals surface area contributed by atoms with Crippen molar-refractivity contribution >= 4 is 18.4 Å². The van der Waals surface area contributed by atoms with Crippen molar-refractivity contribution in [1.29, 1.82) is 0 Å². The van der Waals surface area contributed by atoms with Crippen molar-refractivity contribution in [2.45, 2.75) is 26.2 Å². The van der Waals surface area contributed by atoms with Gasteiger partial charge in [-0.1, -0.05) is 45.0 Å². The van der Waals surface area contributed by atoms with Gasteiger partial charge in [0.2, 0.25) is 4.77 Å². The SMILES string of the molecule is CC(C)(C)c1ccc(C=Nn2c(-c3cccnc3)n[nH]c2=S)cc1. The zero-order valence-corrected chi connectivity index (χ0v) is 14.7. The van der Waals surface area contributed by atoms with Crippen LogP contribution in [0.5, 0.6) is 0 Å². The summed E-state index contributed by atoms with van der Waals surface area (Å²) in [7, 11) is 0. The van der Waals surface area contributed by atoms with Gasteiger partial charge in [-0.3, -0.25) is 4.98 Å². The van der Waals surface area contributed by atoms with Gasteiger partial charge in [-0.2, -0.15) is 14.9 Å². The van der Waals surface area contributed by atoms with Crippen LogP contribution in [0.4, 0.5) is 0 Å². The monoisotopic (exact) mass is 337 g/mol. The van der Waals surface area contributed by atoms with E-state index in [0.717, 1.165) is 11.1 Å². The lowest BCUT2D eigenvalue weighted by Crippen LogP contribution is -2.10. The number of aromatic nitrogens is 4. The molecule has 3 aromatic rings. The highest BCUT2D eigenvalue weighted by molar-refractivity contribution is 7.71. The average molecular weight is 337 g/mol. The Kier molecular flexibility index (Phi) is 4.40. The van der Waals surface area contributed by atoms with E-state index in [1.54, 1.807) is 23.3 Å². The van der Waals surface area contributed by atoms with E-state index in [0.29, 0.717) is 10.6 Å². The lowest BCUT2D eigenvalue weighted by atomic mass is 9.87. The third-order valence-corrected chi connectivity index (χ3v) is 3.93. The molecular weight excluding hydrogens is 318 g/mol. The molecule has 0 aliphatic heterocycles. The second-order valence-corrected chi connectivity index (χ2v) is 6.91. The summed E-state index contributed by atoms with van der Waals surface area (Å²) >= 11 is 5.27. The summed E-state index contributed by atoms with van der Waals surface area (Å²) in [6.07, 6.45) is 5.22. The number of aromatic amines is 1. The van der Waals surface area contributed by atoms with Gasteiger partial charge < -0.3 is 0 Å². The fourth-order valence-corrected chi connectivity index (χ4v) is 2.45. The quantitative estimate of drug-likeness (QED) is 0.576. The fraction of sp³-hybridized carbons (Fsp3) is 0.222. The molecule has 0 spiro atoms. The Balaban J connectivity index is 1.91. The van der Waals surface area contributed by atoms with E-state index in [-0.39, 0.29) is 5.41 Å². The molecular formula is C18H19N5S. The number of benzene rings is 1. The van der Waals surface area contributed by atoms with E-state index in [2.05, 4.69) is 65.3 Å². The van der Waals surface area contributed by atoms with Crippen LogP contribution in [0, 0.1) is 4.77 Å². The first-order chi connectivity index (χ1) is 11.4. The van der Waals surface area contributed by atoms with Gasteiger partial charge in [0.25, 0.3) is 0 Å². The minimum Gasteiger partial charge on any atom is -0.264 e. The van der Waals surface area contributed by atoms with Crippen molar-refractivity contribution in [3.8, 4) is 11.4 Å². The van der Waals surface area contributed by atoms with Crippen LogP contribution in [0.2, 0.25) is 0 Å². The van der Waals surface area contributed by atoms with Crippen LogP contribution in [0.15, 0.2) is 53.9 Å². The number of rotatable bonds is 3. The predicted molar refractivity (Wildman–Crippen MR) is 98.8 cm³/mol. The molecule has 0 saturated heterocycles. The van der Waals surface area contributed by atoms with Gasteiger partial charge in [0.1, 0.15) is 0 Å². The van der Waals surface area contributed by atoms with E-state index < -0.39 is 0 Å². The summed E-state index contributed by atoms with van der Waals surface area (Å²) in [5.41, 5.74) is 3.28. The Morgan fingerprint density at radius 2 is 1.92 bits per heavy atom. The molecule has 0 fully saturated rings. The van der Waals surface area contributed by atoms with Crippen LogP contribution in [0.3, 0.4) is 0 Å². The van der Waals surface area contributed by atoms with E-state index in [9.17, 15) is 0 Å². The van der Waals surface area contributed by atoms with Crippen LogP contribution in [-0.2, 0) is 5.41 Å². The standard InChI is InChI=1S/C18H19N5S/c1-18(2,3)15-8-6-13(7-9-15)11-20-23-16(21-22-17(23)24)14-5-4-10-19-12-14/h4-12H,1-3H3,(H,22,24). The van der Waals surface area contributed by atoms with Crippen LogP contribution in [0.25, 0.3) is 11.4 Å². The van der Waals surface area contributed by atoms with Crippen LogP contribution in [0.1, 0.15) is 31.9 Å². The molecule has 2 heterocycles. The number of hydrogen-bond acceptors (Lipinski definition) is 4. The molecule has 0 radical (unpaired) electrons. The third kappa shape index (κ3) is 3.49. The summed E-state index contributed by atoms with van der Waals surface area (Å²) in [5, 5.41) is 11.5. The zero-order chi connectivity index (χ0) is 17.2. The highest BCUT2D eigenvalue weighted by Crippen LogP contribution is 2.22. The molecule has 1 aromatic carbocycles. The summed E-state index contributed by atoms with van der Waals surface area (Å²) < 4.78 is 2.04. The second kappa shape index (κ2) is 6.49. The van der Waals surface area contributed by atoms with Gasteiger partial charge >= 0.3 is 0 Å². The number of nitrogens with zero attached hydrogens (tertiary/aromatic N) is 4. The number of H-pyrrole nitrogens is 1. The largest absolute Gasteiger partial charge is 0.264 e. The van der Waals surface area contributed by atoms with E-state index in [1.165, 1.54) is 5.56 Å². The third-order valence-electron chi connectivity index (χ3n) is 3.67. The van der Waals surface area contributed by atoms with Crippen molar-refractivity contribution in [3.05, 3.63) is 64.7 Å². The Morgan fingerprint density at radius 1 is 1.17 bits per heavy atom. The summed E-state index contributed by atoms with van der Waals surface area (Å²) in [6.45, 7) is 6.59. The molecule has 3 rings (SSSR count). The van der Waals surface area contributed by atoms with Gasteiger partial charge in [-0.05, 0) is 40.9 Å². The van der Waals surface area contributed by atoms with Crippen LogP contribution >= 0.6 is 12.2 Å². The van der Waals surface area contributed by atoms with Gasteiger partial charge in [-0.25, -0.2) is 5.10 Å². The molecule has 1 N–H and O–H groups in total. The molecule has 122 valence electrons. The molecule has 0 amide bonds. The molecule has 0 atom stereocenters. The van der Waals surface area contributed by atoms with Crippen molar-refractivity contribution in [2.75, 3.05) is 0 Å². The van der Waals surface area contributed by atoms with Gasteiger partial charge in [-0.15, -0.1) is 0 Å². The number of nitrogens with one attached hydrogen (secondary N) is 1. The van der Waals surface area contributed by atoms with Crippen LogP contribution in [-0.4, -0.2) is 26.1 Å². The predicted octanol–water partition coefficient (Wildman–Crippen LogP) is 4.18. The highest BCUT2D eigenvalue weighted by atomic mass is 32.1. The van der Waals surface area contributed by atoms with Gasteiger partial charge in [0.05, 0.1) is 6.21 Å². The number of pyridine rings is 1. The molecule has 24 heavy (non-hydrogen) atoms. The topological polar surface area (TPSA) is 58.9 Å². The van der Waals surface area contributed by atoms with Crippen molar-refractivity contribution in [1.82, 2.24) is 19.9 Å². The van der Waals surface area contributed by atoms with Crippen molar-refractivity contribution in [3.63, 3.8) is 0 Å².